The second-order valence-electron chi connectivity index (χ2n) is 7.61. The molecule has 6 nitrogen and oxygen atoms in total. The Labute approximate surface area is 173 Å². The minimum absolute atomic E-state index is 0.162. The van der Waals surface area contributed by atoms with E-state index in [-0.39, 0.29) is 36.5 Å². The average Bonchev–Trinajstić information content (AvgIpc) is 2.79. The number of nitrogens with one attached hydrogen (secondary N) is 1. The van der Waals surface area contributed by atoms with E-state index in [1.807, 2.05) is 30.3 Å². The summed E-state index contributed by atoms with van der Waals surface area (Å²) in [4.78, 5) is 38.5. The lowest BCUT2D eigenvalue weighted by Gasteiger charge is -2.32. The molecule has 2 aromatic carbocycles. The molecule has 7 heteroatoms. The van der Waals surface area contributed by atoms with Crippen molar-refractivity contribution >= 4 is 23.3 Å². The average molecular weight is 407 g/mol. The number of hydrogen-bond donors (Lipinski definition) is 1. The summed E-state index contributed by atoms with van der Waals surface area (Å²) in [5, 5.41) is 3.86. The van der Waals surface area contributed by atoms with Gasteiger partial charge in [0.25, 0.3) is 5.91 Å². The van der Waals surface area contributed by atoms with E-state index in [0.717, 1.165) is 5.56 Å². The Morgan fingerprint density at radius 3 is 2.60 bits per heavy atom. The number of piperidine rings is 1. The minimum atomic E-state index is -0.442. The first-order valence-electron chi connectivity index (χ1n) is 10.1. The Hall–Kier alpha value is -3.35. The summed E-state index contributed by atoms with van der Waals surface area (Å²) in [6.45, 7) is 0.809. The zero-order chi connectivity index (χ0) is 21.1. The molecule has 1 fully saturated rings. The van der Waals surface area contributed by atoms with Gasteiger partial charge in [0.1, 0.15) is 11.5 Å². The highest BCUT2D eigenvalue weighted by atomic mass is 19.1. The van der Waals surface area contributed by atoms with Crippen molar-refractivity contribution in [1.29, 1.82) is 0 Å². The van der Waals surface area contributed by atoms with Crippen LogP contribution in [0.5, 0.6) is 0 Å². The topological polar surface area (TPSA) is 78.8 Å². The van der Waals surface area contributed by atoms with Crippen molar-refractivity contribution in [3.05, 3.63) is 59.9 Å². The van der Waals surface area contributed by atoms with Crippen molar-refractivity contribution in [2.75, 3.05) is 13.1 Å². The molecule has 2 aromatic rings. The molecule has 0 spiro atoms. The highest BCUT2D eigenvalue weighted by Crippen LogP contribution is 2.26. The predicted octanol–water partition coefficient (Wildman–Crippen LogP) is 3.18. The van der Waals surface area contributed by atoms with Crippen LogP contribution < -0.4 is 5.43 Å². The summed E-state index contributed by atoms with van der Waals surface area (Å²) in [7, 11) is 0. The van der Waals surface area contributed by atoms with Crippen LogP contribution in [0.15, 0.2) is 53.6 Å². The number of hydrazone groups is 1. The highest BCUT2D eigenvalue weighted by Gasteiger charge is 2.32. The summed E-state index contributed by atoms with van der Waals surface area (Å²) >= 11 is 0. The normalized spacial score (nSPS) is 19.1. The SMILES string of the molecule is O=C1CCC(C(=O)N2CCCC(C(=O)c3ccc(-c4ccccc4)c(F)c3)C2)=NN1. The van der Waals surface area contributed by atoms with Crippen LogP contribution >= 0.6 is 0 Å². The van der Waals surface area contributed by atoms with Gasteiger partial charge in [-0.2, -0.15) is 5.10 Å². The molecule has 0 aliphatic carbocycles. The van der Waals surface area contributed by atoms with Crippen molar-refractivity contribution in [2.24, 2.45) is 11.0 Å². The van der Waals surface area contributed by atoms with Crippen LogP contribution in [0.3, 0.4) is 0 Å². The maximum absolute atomic E-state index is 14.7. The zero-order valence-electron chi connectivity index (χ0n) is 16.4. The molecule has 2 aliphatic rings. The van der Waals surface area contributed by atoms with Gasteiger partial charge in [-0.05, 0) is 24.5 Å². The van der Waals surface area contributed by atoms with Crippen molar-refractivity contribution in [3.8, 4) is 11.1 Å². The van der Waals surface area contributed by atoms with Crippen LogP contribution in [0.25, 0.3) is 11.1 Å². The standard InChI is InChI=1S/C23H22FN3O3/c24-19-13-16(8-9-18(19)15-5-2-1-3-6-15)22(29)17-7-4-12-27(14-17)23(30)20-10-11-21(28)26-25-20/h1-3,5-6,8-9,13,17H,4,7,10-12,14H2,(H,26,28). The first-order valence-corrected chi connectivity index (χ1v) is 10.1. The molecule has 2 aliphatic heterocycles. The van der Waals surface area contributed by atoms with Crippen LogP contribution in [0, 0.1) is 11.7 Å². The van der Waals surface area contributed by atoms with E-state index < -0.39 is 5.82 Å². The van der Waals surface area contributed by atoms with E-state index >= 15 is 0 Å². The second kappa shape index (κ2) is 8.57. The molecule has 154 valence electrons. The van der Waals surface area contributed by atoms with Crippen molar-refractivity contribution < 1.29 is 18.8 Å². The fourth-order valence-electron chi connectivity index (χ4n) is 3.94. The molecule has 30 heavy (non-hydrogen) atoms. The quantitative estimate of drug-likeness (QED) is 0.791. The second-order valence-corrected chi connectivity index (χ2v) is 7.61. The molecule has 1 N–H and O–H groups in total. The number of benzene rings is 2. The van der Waals surface area contributed by atoms with Crippen LogP contribution in [0.4, 0.5) is 4.39 Å². The molecular weight excluding hydrogens is 385 g/mol. The molecule has 1 saturated heterocycles. The summed E-state index contributed by atoms with van der Waals surface area (Å²) in [6.07, 6.45) is 1.86. The first-order chi connectivity index (χ1) is 14.5. The zero-order valence-corrected chi connectivity index (χ0v) is 16.4. The van der Waals surface area contributed by atoms with Gasteiger partial charge in [-0.1, -0.05) is 42.5 Å². The highest BCUT2D eigenvalue weighted by molar-refractivity contribution is 6.39. The van der Waals surface area contributed by atoms with Crippen molar-refractivity contribution in [3.63, 3.8) is 0 Å². The van der Waals surface area contributed by atoms with Gasteiger partial charge in [0.15, 0.2) is 5.78 Å². The monoisotopic (exact) mass is 407 g/mol. The Morgan fingerprint density at radius 2 is 1.90 bits per heavy atom. The number of Topliss-reactive ketones (excluding diaryl/α,β-unsaturated/α-hetero) is 1. The number of rotatable bonds is 4. The minimum Gasteiger partial charge on any atom is -0.337 e. The van der Waals surface area contributed by atoms with E-state index in [1.54, 1.807) is 17.0 Å². The molecule has 0 aromatic heterocycles. The largest absolute Gasteiger partial charge is 0.337 e. The number of halogens is 1. The van der Waals surface area contributed by atoms with Gasteiger partial charge in [0, 0.05) is 43.0 Å². The van der Waals surface area contributed by atoms with Gasteiger partial charge in [0.05, 0.1) is 0 Å². The van der Waals surface area contributed by atoms with Gasteiger partial charge >= 0.3 is 0 Å². The van der Waals surface area contributed by atoms with Crippen LogP contribution in [-0.2, 0) is 9.59 Å². The smallest absolute Gasteiger partial charge is 0.270 e. The number of carbonyl (C=O) groups is 3. The van der Waals surface area contributed by atoms with Crippen LogP contribution in [0.1, 0.15) is 36.0 Å². The molecule has 2 heterocycles. The van der Waals surface area contributed by atoms with E-state index in [0.29, 0.717) is 42.6 Å². The van der Waals surface area contributed by atoms with E-state index in [4.69, 9.17) is 0 Å². The number of carbonyl (C=O) groups excluding carboxylic acids is 3. The Balaban J connectivity index is 1.47. The van der Waals surface area contributed by atoms with Gasteiger partial charge < -0.3 is 4.90 Å². The number of likely N-dealkylation sites (tertiary alicyclic amines) is 1. The maximum atomic E-state index is 14.7. The number of amides is 2. The maximum Gasteiger partial charge on any atom is 0.270 e. The van der Waals surface area contributed by atoms with E-state index in [2.05, 4.69) is 10.5 Å². The summed E-state index contributed by atoms with van der Waals surface area (Å²) in [5.74, 6) is -1.45. The van der Waals surface area contributed by atoms with E-state index in [1.165, 1.54) is 6.07 Å². The fraction of sp³-hybridized carbons (Fsp3) is 0.304. The number of hydrogen-bond acceptors (Lipinski definition) is 4. The van der Waals surface area contributed by atoms with E-state index in [9.17, 15) is 18.8 Å². The molecule has 0 radical (unpaired) electrons. The molecular formula is C23H22FN3O3. The van der Waals surface area contributed by atoms with Crippen molar-refractivity contribution in [1.82, 2.24) is 10.3 Å². The molecule has 0 bridgehead atoms. The molecule has 1 atom stereocenters. The summed E-state index contributed by atoms with van der Waals surface area (Å²) < 4.78 is 14.7. The number of nitrogens with zero attached hydrogens (tertiary/aromatic N) is 2. The third-order valence-electron chi connectivity index (χ3n) is 5.57. The summed E-state index contributed by atoms with van der Waals surface area (Å²) in [6, 6.07) is 13.7. The lowest BCUT2D eigenvalue weighted by atomic mass is 9.89. The third-order valence-corrected chi connectivity index (χ3v) is 5.57. The number of ketones is 1. The Morgan fingerprint density at radius 1 is 1.10 bits per heavy atom. The van der Waals surface area contributed by atoms with Gasteiger partial charge in [-0.3, -0.25) is 14.4 Å². The Bertz CT molecular complexity index is 1020. The van der Waals surface area contributed by atoms with Crippen LogP contribution in [0.2, 0.25) is 0 Å². The van der Waals surface area contributed by atoms with Crippen molar-refractivity contribution in [2.45, 2.75) is 25.7 Å². The molecule has 1 unspecified atom stereocenters. The molecule has 2 amide bonds. The van der Waals surface area contributed by atoms with Crippen LogP contribution in [-0.4, -0.2) is 41.3 Å². The van der Waals surface area contributed by atoms with Gasteiger partial charge in [-0.25, -0.2) is 9.82 Å². The van der Waals surface area contributed by atoms with Gasteiger partial charge in [-0.15, -0.1) is 0 Å². The summed E-state index contributed by atoms with van der Waals surface area (Å²) in [5.41, 5.74) is 4.15. The Kier molecular flexibility index (Phi) is 5.70. The fourth-order valence-corrected chi connectivity index (χ4v) is 3.94. The lowest BCUT2D eigenvalue weighted by Crippen LogP contribution is -2.46. The predicted molar refractivity (Wildman–Crippen MR) is 110 cm³/mol. The third kappa shape index (κ3) is 4.15. The molecule has 4 rings (SSSR count). The first kappa shape index (κ1) is 19.9. The van der Waals surface area contributed by atoms with Gasteiger partial charge in [0.2, 0.25) is 5.91 Å². The molecule has 0 saturated carbocycles. The lowest BCUT2D eigenvalue weighted by molar-refractivity contribution is -0.125.